The zero-order valence-electron chi connectivity index (χ0n) is 12.2. The summed E-state index contributed by atoms with van der Waals surface area (Å²) in [6, 6.07) is 1.35. The molecule has 2 aliphatic rings. The molecule has 1 unspecified atom stereocenters. The Kier molecular flexibility index (Phi) is 5.57. The third-order valence-corrected chi connectivity index (χ3v) is 4.25. The van der Waals surface area contributed by atoms with Gasteiger partial charge in [-0.05, 0) is 26.7 Å². The number of ether oxygens (including phenoxy) is 1. The largest absolute Gasteiger partial charge is 0.393 e. The van der Waals surface area contributed by atoms with Crippen molar-refractivity contribution in [1.82, 2.24) is 9.80 Å². The first kappa shape index (κ1) is 15.2. The van der Waals surface area contributed by atoms with E-state index in [9.17, 15) is 0 Å². The van der Waals surface area contributed by atoms with E-state index in [1.54, 1.807) is 0 Å². The first-order chi connectivity index (χ1) is 9.06. The summed E-state index contributed by atoms with van der Waals surface area (Å²) in [5.74, 6) is 0. The summed E-state index contributed by atoms with van der Waals surface area (Å²) in [5, 5.41) is 0. The third kappa shape index (κ3) is 4.99. The van der Waals surface area contributed by atoms with Crippen LogP contribution in [-0.4, -0.2) is 65.8 Å². The maximum absolute atomic E-state index is 5.93. The first-order valence-electron chi connectivity index (χ1n) is 7.44. The number of hydrogen-bond acceptors (Lipinski definition) is 4. The molecular weight excluding hydrogens is 258 g/mol. The summed E-state index contributed by atoms with van der Waals surface area (Å²) < 4.78 is 5.93. The van der Waals surface area contributed by atoms with Gasteiger partial charge in [0.05, 0.1) is 17.7 Å². The molecule has 0 bridgehead atoms. The van der Waals surface area contributed by atoms with Crippen LogP contribution in [0.15, 0.2) is 0 Å². The number of nitrogens with zero attached hydrogens (tertiary/aromatic N) is 2. The summed E-state index contributed by atoms with van der Waals surface area (Å²) in [7, 11) is 0. The molecule has 0 aromatic carbocycles. The highest BCUT2D eigenvalue weighted by molar-refractivity contribution is 7.80. The Morgan fingerprint density at radius 3 is 2.79 bits per heavy atom. The van der Waals surface area contributed by atoms with Gasteiger partial charge in [0.15, 0.2) is 0 Å². The molecule has 1 atom stereocenters. The van der Waals surface area contributed by atoms with Gasteiger partial charge in [0.2, 0.25) is 0 Å². The van der Waals surface area contributed by atoms with Crippen LogP contribution < -0.4 is 5.73 Å². The summed E-state index contributed by atoms with van der Waals surface area (Å²) in [5.41, 5.74) is 5.62. The molecule has 1 saturated carbocycles. The maximum Gasteiger partial charge on any atom is 0.0829 e. The standard InChI is InChI=1S/C14H27N3OS/c1-11(2)16-7-8-18-13(9-16)10-17(12-3-4-12)6-5-14(15)19/h11-13H,3-10H2,1-2H3,(H2,15,19). The van der Waals surface area contributed by atoms with E-state index < -0.39 is 0 Å². The predicted molar refractivity (Wildman–Crippen MR) is 82.4 cm³/mol. The quantitative estimate of drug-likeness (QED) is 0.713. The molecule has 2 rings (SSSR count). The highest BCUT2D eigenvalue weighted by Gasteiger charge is 2.32. The van der Waals surface area contributed by atoms with Crippen molar-refractivity contribution in [3.05, 3.63) is 0 Å². The van der Waals surface area contributed by atoms with Crippen LogP contribution in [0.2, 0.25) is 0 Å². The van der Waals surface area contributed by atoms with Gasteiger partial charge in [0, 0.05) is 44.7 Å². The van der Waals surface area contributed by atoms with Crippen molar-refractivity contribution < 1.29 is 4.74 Å². The van der Waals surface area contributed by atoms with Gasteiger partial charge in [-0.15, -0.1) is 0 Å². The van der Waals surface area contributed by atoms with Crippen molar-refractivity contribution in [2.45, 2.75) is 51.3 Å². The Labute approximate surface area is 122 Å². The Bertz CT molecular complexity index is 307. The third-order valence-electron chi connectivity index (χ3n) is 4.05. The fraction of sp³-hybridized carbons (Fsp3) is 0.929. The zero-order valence-corrected chi connectivity index (χ0v) is 13.0. The average Bonchev–Trinajstić information content (AvgIpc) is 3.18. The molecule has 1 aliphatic carbocycles. The van der Waals surface area contributed by atoms with Crippen LogP contribution in [0.25, 0.3) is 0 Å². The van der Waals surface area contributed by atoms with Gasteiger partial charge in [-0.1, -0.05) is 12.2 Å². The molecule has 110 valence electrons. The fourth-order valence-electron chi connectivity index (χ4n) is 2.70. The summed E-state index contributed by atoms with van der Waals surface area (Å²) in [4.78, 5) is 5.65. The number of hydrogen-bond donors (Lipinski definition) is 1. The predicted octanol–water partition coefficient (Wildman–Crippen LogP) is 1.24. The highest BCUT2D eigenvalue weighted by Crippen LogP contribution is 2.27. The number of thiocarbonyl (C=S) groups is 1. The van der Waals surface area contributed by atoms with Gasteiger partial charge in [0.1, 0.15) is 0 Å². The van der Waals surface area contributed by atoms with Crippen molar-refractivity contribution in [3.63, 3.8) is 0 Å². The molecule has 2 fully saturated rings. The Hall–Kier alpha value is -0.230. The second-order valence-electron chi connectivity index (χ2n) is 6.02. The summed E-state index contributed by atoms with van der Waals surface area (Å²) in [6.45, 7) is 9.49. The van der Waals surface area contributed by atoms with Crippen LogP contribution in [0, 0.1) is 0 Å². The number of morpholine rings is 1. The molecule has 4 nitrogen and oxygen atoms in total. The van der Waals surface area contributed by atoms with E-state index in [0.29, 0.717) is 17.1 Å². The van der Waals surface area contributed by atoms with Gasteiger partial charge in [-0.2, -0.15) is 0 Å². The molecule has 2 N–H and O–H groups in total. The van der Waals surface area contributed by atoms with E-state index in [2.05, 4.69) is 23.6 Å². The minimum absolute atomic E-state index is 0.336. The van der Waals surface area contributed by atoms with Crippen LogP contribution >= 0.6 is 12.2 Å². The van der Waals surface area contributed by atoms with E-state index in [1.807, 2.05) is 0 Å². The molecule has 0 spiro atoms. The van der Waals surface area contributed by atoms with Crippen molar-refractivity contribution in [1.29, 1.82) is 0 Å². The van der Waals surface area contributed by atoms with Crippen LogP contribution in [-0.2, 0) is 4.74 Å². The van der Waals surface area contributed by atoms with Gasteiger partial charge >= 0.3 is 0 Å². The van der Waals surface area contributed by atoms with E-state index in [4.69, 9.17) is 22.7 Å². The molecule has 0 aromatic rings. The molecule has 1 heterocycles. The molecule has 1 saturated heterocycles. The van der Waals surface area contributed by atoms with Crippen molar-refractivity contribution in [3.8, 4) is 0 Å². The molecule has 5 heteroatoms. The lowest BCUT2D eigenvalue weighted by Crippen LogP contribution is -2.50. The van der Waals surface area contributed by atoms with E-state index in [1.165, 1.54) is 12.8 Å². The van der Waals surface area contributed by atoms with Crippen molar-refractivity contribution in [2.24, 2.45) is 5.73 Å². The van der Waals surface area contributed by atoms with E-state index >= 15 is 0 Å². The van der Waals surface area contributed by atoms with Crippen molar-refractivity contribution in [2.75, 3.05) is 32.8 Å². The maximum atomic E-state index is 5.93. The molecule has 0 amide bonds. The molecule has 0 radical (unpaired) electrons. The Morgan fingerprint density at radius 1 is 1.47 bits per heavy atom. The normalized spacial score (nSPS) is 25.2. The number of nitrogens with two attached hydrogens (primary N) is 1. The van der Waals surface area contributed by atoms with Gasteiger partial charge in [-0.3, -0.25) is 9.80 Å². The SMILES string of the molecule is CC(C)N1CCOC(CN(CCC(N)=S)C2CC2)C1. The highest BCUT2D eigenvalue weighted by atomic mass is 32.1. The van der Waals surface area contributed by atoms with E-state index in [0.717, 1.165) is 45.2 Å². The van der Waals surface area contributed by atoms with Crippen LogP contribution in [0.5, 0.6) is 0 Å². The lowest BCUT2D eigenvalue weighted by molar-refractivity contribution is -0.0528. The van der Waals surface area contributed by atoms with Crippen molar-refractivity contribution >= 4 is 17.2 Å². The Balaban J connectivity index is 1.81. The van der Waals surface area contributed by atoms with Crippen LogP contribution in [0.1, 0.15) is 33.1 Å². The minimum Gasteiger partial charge on any atom is -0.393 e. The lowest BCUT2D eigenvalue weighted by Gasteiger charge is -2.37. The fourth-order valence-corrected chi connectivity index (χ4v) is 2.79. The van der Waals surface area contributed by atoms with Gasteiger partial charge in [-0.25, -0.2) is 0 Å². The average molecular weight is 285 g/mol. The van der Waals surface area contributed by atoms with Crippen LogP contribution in [0.4, 0.5) is 0 Å². The van der Waals surface area contributed by atoms with Crippen LogP contribution in [0.3, 0.4) is 0 Å². The number of rotatable bonds is 7. The van der Waals surface area contributed by atoms with Gasteiger partial charge < -0.3 is 10.5 Å². The molecular formula is C14H27N3OS. The zero-order chi connectivity index (χ0) is 13.8. The smallest absolute Gasteiger partial charge is 0.0829 e. The first-order valence-corrected chi connectivity index (χ1v) is 7.85. The topological polar surface area (TPSA) is 41.7 Å². The second-order valence-corrected chi connectivity index (χ2v) is 6.55. The minimum atomic E-state index is 0.336. The summed E-state index contributed by atoms with van der Waals surface area (Å²) >= 11 is 4.99. The summed E-state index contributed by atoms with van der Waals surface area (Å²) in [6.07, 6.45) is 3.80. The van der Waals surface area contributed by atoms with Gasteiger partial charge in [0.25, 0.3) is 0 Å². The molecule has 1 aliphatic heterocycles. The Morgan fingerprint density at radius 2 is 2.21 bits per heavy atom. The molecule has 0 aromatic heterocycles. The monoisotopic (exact) mass is 285 g/mol. The molecule has 19 heavy (non-hydrogen) atoms. The van der Waals surface area contributed by atoms with E-state index in [-0.39, 0.29) is 0 Å². The lowest BCUT2D eigenvalue weighted by atomic mass is 10.2. The second kappa shape index (κ2) is 6.97.